The van der Waals surface area contributed by atoms with Crippen LogP contribution in [0, 0.1) is 11.3 Å². The van der Waals surface area contributed by atoms with Crippen LogP contribution in [-0.2, 0) is 5.54 Å². The smallest absolute Gasteiger partial charge is 0.141 e. The number of nitrogens with one attached hydrogen (secondary N) is 1. The maximum absolute atomic E-state index is 9.62. The number of rotatable bonds is 5. The van der Waals surface area contributed by atoms with Crippen LogP contribution in [0.2, 0.25) is 0 Å². The van der Waals surface area contributed by atoms with Gasteiger partial charge in [0.05, 0.1) is 6.07 Å². The molecule has 0 amide bonds. The highest BCUT2D eigenvalue weighted by molar-refractivity contribution is 9.10. The molecule has 102 valence electrons. The molecule has 1 N–H and O–H groups in total. The number of hydrogen-bond acceptors (Lipinski definition) is 3. The average molecular weight is 347 g/mol. The van der Waals surface area contributed by atoms with E-state index in [9.17, 15) is 5.26 Å². The summed E-state index contributed by atoms with van der Waals surface area (Å²) in [5.74, 6) is 0.658. The Morgan fingerprint density at radius 1 is 1.15 bits per heavy atom. The highest BCUT2D eigenvalue weighted by Crippen LogP contribution is 2.29. The number of nitrogens with zero attached hydrogens (tertiary/aromatic N) is 1. The molecule has 0 aliphatic rings. The molecule has 0 saturated heterocycles. The molecule has 2 rings (SSSR count). The van der Waals surface area contributed by atoms with Crippen LogP contribution in [0.15, 0.2) is 64.0 Å². The van der Waals surface area contributed by atoms with E-state index < -0.39 is 5.54 Å². The normalized spacial score (nSPS) is 13.4. The third-order valence-corrected chi connectivity index (χ3v) is 4.86. The summed E-state index contributed by atoms with van der Waals surface area (Å²) in [4.78, 5) is 1.15. The standard InChI is InChI=1S/C16H15BrN2S/c1-19-16(11-18,13-5-3-2-4-6-13)12-20-15-9-7-14(17)8-10-15/h2-10,19H,12H2,1H3. The maximum Gasteiger partial charge on any atom is 0.141 e. The molecule has 2 aromatic carbocycles. The van der Waals surface area contributed by atoms with E-state index in [0.29, 0.717) is 5.75 Å². The molecule has 2 aromatic rings. The highest BCUT2D eigenvalue weighted by Gasteiger charge is 2.30. The Hall–Kier alpha value is -1.28. The van der Waals surface area contributed by atoms with E-state index in [0.717, 1.165) is 14.9 Å². The fraction of sp³-hybridized carbons (Fsp3) is 0.188. The number of hydrogen-bond donors (Lipinski definition) is 1. The minimum atomic E-state index is -0.668. The van der Waals surface area contributed by atoms with Crippen LogP contribution in [0.25, 0.3) is 0 Å². The van der Waals surface area contributed by atoms with Gasteiger partial charge in [0.15, 0.2) is 0 Å². The van der Waals surface area contributed by atoms with Gasteiger partial charge in [0, 0.05) is 15.1 Å². The Morgan fingerprint density at radius 3 is 2.35 bits per heavy atom. The molecule has 1 atom stereocenters. The zero-order chi connectivity index (χ0) is 14.4. The Morgan fingerprint density at radius 2 is 1.80 bits per heavy atom. The fourth-order valence-corrected chi connectivity index (χ4v) is 3.25. The quantitative estimate of drug-likeness (QED) is 0.825. The zero-order valence-electron chi connectivity index (χ0n) is 11.1. The first-order valence-corrected chi connectivity index (χ1v) is 8.02. The first-order chi connectivity index (χ1) is 9.70. The third kappa shape index (κ3) is 3.43. The topological polar surface area (TPSA) is 35.8 Å². The van der Waals surface area contributed by atoms with Gasteiger partial charge >= 0.3 is 0 Å². The van der Waals surface area contributed by atoms with Crippen molar-refractivity contribution >= 4 is 27.7 Å². The van der Waals surface area contributed by atoms with E-state index in [1.807, 2.05) is 49.5 Å². The molecule has 0 saturated carbocycles. The van der Waals surface area contributed by atoms with Crippen LogP contribution in [-0.4, -0.2) is 12.8 Å². The summed E-state index contributed by atoms with van der Waals surface area (Å²) in [6.45, 7) is 0. The van der Waals surface area contributed by atoms with Gasteiger partial charge in [0.1, 0.15) is 5.54 Å². The van der Waals surface area contributed by atoms with Gasteiger partial charge in [-0.3, -0.25) is 5.32 Å². The molecular weight excluding hydrogens is 332 g/mol. The van der Waals surface area contributed by atoms with Gasteiger partial charge in [-0.05, 0) is 36.9 Å². The van der Waals surface area contributed by atoms with Gasteiger partial charge in [-0.1, -0.05) is 46.3 Å². The van der Waals surface area contributed by atoms with Gasteiger partial charge in [0.25, 0.3) is 0 Å². The second kappa shape index (κ2) is 6.94. The minimum Gasteiger partial charge on any atom is -0.298 e. The molecule has 0 aromatic heterocycles. The average Bonchev–Trinajstić information content (AvgIpc) is 2.51. The van der Waals surface area contributed by atoms with E-state index in [4.69, 9.17) is 0 Å². The maximum atomic E-state index is 9.62. The van der Waals surface area contributed by atoms with E-state index in [-0.39, 0.29) is 0 Å². The SMILES string of the molecule is CNC(C#N)(CSc1ccc(Br)cc1)c1ccccc1. The van der Waals surface area contributed by atoms with Crippen molar-refractivity contribution in [3.63, 3.8) is 0 Å². The number of halogens is 1. The lowest BCUT2D eigenvalue weighted by molar-refractivity contribution is 0.528. The van der Waals surface area contributed by atoms with E-state index in [2.05, 4.69) is 39.4 Å². The molecular formula is C16H15BrN2S. The van der Waals surface area contributed by atoms with Crippen molar-refractivity contribution < 1.29 is 0 Å². The highest BCUT2D eigenvalue weighted by atomic mass is 79.9. The van der Waals surface area contributed by atoms with Crippen molar-refractivity contribution in [1.82, 2.24) is 5.32 Å². The third-order valence-electron chi connectivity index (χ3n) is 3.15. The number of benzene rings is 2. The number of nitriles is 1. The largest absolute Gasteiger partial charge is 0.298 e. The van der Waals surface area contributed by atoms with E-state index >= 15 is 0 Å². The van der Waals surface area contributed by atoms with E-state index in [1.165, 1.54) is 0 Å². The predicted molar refractivity (Wildman–Crippen MR) is 87.7 cm³/mol. The summed E-state index contributed by atoms with van der Waals surface area (Å²) >= 11 is 5.10. The molecule has 2 nitrogen and oxygen atoms in total. The Balaban J connectivity index is 2.18. The molecule has 4 heteroatoms. The molecule has 0 aliphatic carbocycles. The lowest BCUT2D eigenvalue weighted by Crippen LogP contribution is -2.41. The molecule has 0 spiro atoms. The van der Waals surface area contributed by atoms with Crippen molar-refractivity contribution in [3.8, 4) is 6.07 Å². The second-order valence-electron chi connectivity index (χ2n) is 4.38. The molecule has 0 radical (unpaired) electrons. The van der Waals surface area contributed by atoms with Crippen molar-refractivity contribution in [2.24, 2.45) is 0 Å². The molecule has 20 heavy (non-hydrogen) atoms. The Bertz CT molecular complexity index is 592. The first-order valence-electron chi connectivity index (χ1n) is 6.24. The van der Waals surface area contributed by atoms with Gasteiger partial charge in [-0.25, -0.2) is 0 Å². The Labute approximate surface area is 132 Å². The summed E-state index contributed by atoms with van der Waals surface area (Å²) in [5.41, 5.74) is 0.327. The van der Waals surface area contributed by atoms with Crippen LogP contribution < -0.4 is 5.32 Å². The Kier molecular flexibility index (Phi) is 5.24. The lowest BCUT2D eigenvalue weighted by Gasteiger charge is -2.26. The molecule has 1 unspecified atom stereocenters. The van der Waals surface area contributed by atoms with Crippen LogP contribution in [0.4, 0.5) is 0 Å². The molecule has 0 fully saturated rings. The lowest BCUT2D eigenvalue weighted by atomic mass is 9.94. The molecule has 0 heterocycles. The predicted octanol–water partition coefficient (Wildman–Crippen LogP) is 4.18. The first kappa shape index (κ1) is 15.1. The summed E-state index contributed by atoms with van der Waals surface area (Å²) in [7, 11) is 1.83. The molecule has 0 aliphatic heterocycles. The van der Waals surface area contributed by atoms with Gasteiger partial charge in [-0.15, -0.1) is 11.8 Å². The molecule has 0 bridgehead atoms. The second-order valence-corrected chi connectivity index (χ2v) is 6.34. The van der Waals surface area contributed by atoms with E-state index in [1.54, 1.807) is 11.8 Å². The van der Waals surface area contributed by atoms with Crippen LogP contribution in [0.3, 0.4) is 0 Å². The zero-order valence-corrected chi connectivity index (χ0v) is 13.5. The van der Waals surface area contributed by atoms with Crippen molar-refractivity contribution in [3.05, 3.63) is 64.6 Å². The number of thioether (sulfide) groups is 1. The summed E-state index contributed by atoms with van der Waals surface area (Å²) < 4.78 is 1.06. The monoisotopic (exact) mass is 346 g/mol. The summed E-state index contributed by atoms with van der Waals surface area (Å²) in [6, 6.07) is 20.4. The summed E-state index contributed by atoms with van der Waals surface area (Å²) in [6.07, 6.45) is 0. The van der Waals surface area contributed by atoms with Crippen LogP contribution in [0.5, 0.6) is 0 Å². The van der Waals surface area contributed by atoms with Crippen LogP contribution >= 0.6 is 27.7 Å². The fourth-order valence-electron chi connectivity index (χ4n) is 1.90. The van der Waals surface area contributed by atoms with Crippen molar-refractivity contribution in [1.29, 1.82) is 5.26 Å². The van der Waals surface area contributed by atoms with Crippen LogP contribution in [0.1, 0.15) is 5.56 Å². The minimum absolute atomic E-state index is 0.658. The van der Waals surface area contributed by atoms with Gasteiger partial charge < -0.3 is 0 Å². The summed E-state index contributed by atoms with van der Waals surface area (Å²) in [5, 5.41) is 12.8. The van der Waals surface area contributed by atoms with Crippen molar-refractivity contribution in [2.75, 3.05) is 12.8 Å². The van der Waals surface area contributed by atoms with Gasteiger partial charge in [-0.2, -0.15) is 5.26 Å². The van der Waals surface area contributed by atoms with Gasteiger partial charge in [0.2, 0.25) is 0 Å². The van der Waals surface area contributed by atoms with Crippen molar-refractivity contribution in [2.45, 2.75) is 10.4 Å².